The van der Waals surface area contributed by atoms with Gasteiger partial charge in [-0.05, 0) is 31.5 Å². The molecule has 1 aromatic carbocycles. The Kier molecular flexibility index (Phi) is 7.08. The summed E-state index contributed by atoms with van der Waals surface area (Å²) in [6.07, 6.45) is 0.659. The topological polar surface area (TPSA) is 58.6 Å². The molecule has 0 amide bonds. The summed E-state index contributed by atoms with van der Waals surface area (Å²) in [5, 5.41) is 11.8. The SMILES string of the molecule is CCCNC(Oc1cccc(F)c1F)C(C)CCC(=O)O. The van der Waals surface area contributed by atoms with Gasteiger partial charge in [0.15, 0.2) is 17.8 Å². The number of carboxylic acid groups (broad SMARTS) is 1. The van der Waals surface area contributed by atoms with Crippen molar-refractivity contribution in [2.24, 2.45) is 5.92 Å². The number of ether oxygens (including phenoxy) is 1. The van der Waals surface area contributed by atoms with Gasteiger partial charge in [-0.1, -0.05) is 19.9 Å². The van der Waals surface area contributed by atoms with Crippen LogP contribution in [0.25, 0.3) is 0 Å². The highest BCUT2D eigenvalue weighted by molar-refractivity contribution is 5.66. The zero-order chi connectivity index (χ0) is 15.8. The van der Waals surface area contributed by atoms with E-state index in [1.54, 1.807) is 0 Å². The number of benzene rings is 1. The third kappa shape index (κ3) is 5.67. The first-order valence-electron chi connectivity index (χ1n) is 7.01. The van der Waals surface area contributed by atoms with Crippen LogP contribution in [0.15, 0.2) is 18.2 Å². The van der Waals surface area contributed by atoms with Gasteiger partial charge in [-0.2, -0.15) is 4.39 Å². The van der Waals surface area contributed by atoms with E-state index in [4.69, 9.17) is 9.84 Å². The maximum atomic E-state index is 13.6. The Hall–Kier alpha value is -1.69. The Morgan fingerprint density at radius 2 is 2.14 bits per heavy atom. The van der Waals surface area contributed by atoms with E-state index in [0.717, 1.165) is 12.5 Å². The van der Waals surface area contributed by atoms with Crippen LogP contribution in [0.5, 0.6) is 5.75 Å². The van der Waals surface area contributed by atoms with Gasteiger partial charge in [0.1, 0.15) is 0 Å². The van der Waals surface area contributed by atoms with Crippen molar-refractivity contribution in [2.45, 2.75) is 39.3 Å². The van der Waals surface area contributed by atoms with Crippen LogP contribution >= 0.6 is 0 Å². The zero-order valence-corrected chi connectivity index (χ0v) is 12.2. The van der Waals surface area contributed by atoms with Crippen molar-refractivity contribution >= 4 is 5.97 Å². The molecule has 4 nitrogen and oxygen atoms in total. The first kappa shape index (κ1) is 17.4. The van der Waals surface area contributed by atoms with E-state index in [1.807, 2.05) is 13.8 Å². The highest BCUT2D eigenvalue weighted by Crippen LogP contribution is 2.23. The van der Waals surface area contributed by atoms with Gasteiger partial charge in [0.2, 0.25) is 5.82 Å². The average Bonchev–Trinajstić information content (AvgIpc) is 2.45. The fraction of sp³-hybridized carbons (Fsp3) is 0.533. The lowest BCUT2D eigenvalue weighted by Crippen LogP contribution is -2.40. The Morgan fingerprint density at radius 3 is 2.76 bits per heavy atom. The van der Waals surface area contributed by atoms with Crippen molar-refractivity contribution in [1.82, 2.24) is 5.32 Å². The molecule has 0 radical (unpaired) electrons. The van der Waals surface area contributed by atoms with Gasteiger partial charge < -0.3 is 9.84 Å². The molecule has 2 atom stereocenters. The van der Waals surface area contributed by atoms with E-state index in [1.165, 1.54) is 12.1 Å². The molecule has 0 heterocycles. The number of rotatable bonds is 9. The molecule has 118 valence electrons. The lowest BCUT2D eigenvalue weighted by atomic mass is 10.0. The number of hydrogen-bond donors (Lipinski definition) is 2. The molecule has 0 bridgehead atoms. The molecule has 21 heavy (non-hydrogen) atoms. The van der Waals surface area contributed by atoms with Crippen LogP contribution < -0.4 is 10.1 Å². The lowest BCUT2D eigenvalue weighted by Gasteiger charge is -2.26. The molecule has 2 N–H and O–H groups in total. The number of carbonyl (C=O) groups is 1. The Bertz CT molecular complexity index is 468. The number of hydrogen-bond acceptors (Lipinski definition) is 3. The van der Waals surface area contributed by atoms with E-state index >= 15 is 0 Å². The minimum atomic E-state index is -1.04. The predicted molar refractivity (Wildman–Crippen MR) is 75.1 cm³/mol. The molecule has 0 aliphatic carbocycles. The molecule has 0 aliphatic heterocycles. The van der Waals surface area contributed by atoms with E-state index in [2.05, 4.69) is 5.32 Å². The van der Waals surface area contributed by atoms with Crippen LogP contribution in [0, 0.1) is 17.6 Å². The first-order valence-corrected chi connectivity index (χ1v) is 7.01. The van der Waals surface area contributed by atoms with Crippen molar-refractivity contribution in [2.75, 3.05) is 6.54 Å². The third-order valence-corrected chi connectivity index (χ3v) is 3.10. The maximum absolute atomic E-state index is 13.6. The van der Waals surface area contributed by atoms with Crippen molar-refractivity contribution in [1.29, 1.82) is 0 Å². The standard InChI is InChI=1S/C15H21F2NO3/c1-3-9-18-15(10(2)7-8-13(19)20)21-12-6-4-5-11(16)14(12)17/h4-6,10,15,18H,3,7-9H2,1-2H3,(H,19,20). The largest absolute Gasteiger partial charge is 0.481 e. The van der Waals surface area contributed by atoms with Crippen LogP contribution in [0.3, 0.4) is 0 Å². The van der Waals surface area contributed by atoms with Crippen LogP contribution in [-0.4, -0.2) is 23.8 Å². The molecule has 0 spiro atoms. The summed E-state index contributed by atoms with van der Waals surface area (Å²) in [6, 6.07) is 3.74. The highest BCUT2D eigenvalue weighted by Gasteiger charge is 2.21. The molecule has 0 aliphatic rings. The number of carboxylic acids is 1. The second kappa shape index (κ2) is 8.56. The molecule has 0 saturated heterocycles. The normalized spacial score (nSPS) is 13.7. The smallest absolute Gasteiger partial charge is 0.303 e. The van der Waals surface area contributed by atoms with Crippen LogP contribution in [0.2, 0.25) is 0 Å². The van der Waals surface area contributed by atoms with Gasteiger partial charge >= 0.3 is 5.97 Å². The van der Waals surface area contributed by atoms with Gasteiger partial charge in [-0.15, -0.1) is 0 Å². The van der Waals surface area contributed by atoms with Gasteiger partial charge in [0.05, 0.1) is 0 Å². The number of nitrogens with one attached hydrogen (secondary N) is 1. The summed E-state index contributed by atoms with van der Waals surface area (Å²) in [4.78, 5) is 10.6. The Morgan fingerprint density at radius 1 is 1.43 bits per heavy atom. The van der Waals surface area contributed by atoms with Crippen LogP contribution in [0.1, 0.15) is 33.1 Å². The second-order valence-corrected chi connectivity index (χ2v) is 4.95. The van der Waals surface area contributed by atoms with Crippen molar-refractivity contribution < 1.29 is 23.4 Å². The minimum Gasteiger partial charge on any atom is -0.481 e. The van der Waals surface area contributed by atoms with Crippen LogP contribution in [-0.2, 0) is 4.79 Å². The Labute approximate surface area is 123 Å². The second-order valence-electron chi connectivity index (χ2n) is 4.95. The minimum absolute atomic E-state index is 0.000461. The summed E-state index contributed by atoms with van der Waals surface area (Å²) >= 11 is 0. The average molecular weight is 301 g/mol. The van der Waals surface area contributed by atoms with Gasteiger partial charge in [0, 0.05) is 12.3 Å². The molecule has 0 aromatic heterocycles. The molecule has 2 unspecified atom stereocenters. The van der Waals surface area contributed by atoms with Crippen molar-refractivity contribution in [3.8, 4) is 5.75 Å². The van der Waals surface area contributed by atoms with E-state index in [-0.39, 0.29) is 18.1 Å². The summed E-state index contributed by atoms with van der Waals surface area (Å²) in [5.74, 6) is -3.24. The fourth-order valence-electron chi connectivity index (χ4n) is 1.86. The van der Waals surface area contributed by atoms with E-state index < -0.39 is 23.8 Å². The maximum Gasteiger partial charge on any atom is 0.303 e. The summed E-state index contributed by atoms with van der Waals surface area (Å²) in [6.45, 7) is 4.42. The Balaban J connectivity index is 2.76. The summed E-state index contributed by atoms with van der Waals surface area (Å²) in [7, 11) is 0. The molecular weight excluding hydrogens is 280 g/mol. The fourth-order valence-corrected chi connectivity index (χ4v) is 1.86. The lowest BCUT2D eigenvalue weighted by molar-refractivity contribution is -0.137. The number of halogens is 2. The van der Waals surface area contributed by atoms with Crippen LogP contribution in [0.4, 0.5) is 8.78 Å². The molecule has 1 aromatic rings. The van der Waals surface area contributed by atoms with Gasteiger partial charge in [0.25, 0.3) is 0 Å². The molecule has 0 saturated carbocycles. The van der Waals surface area contributed by atoms with Gasteiger partial charge in [-0.25, -0.2) is 4.39 Å². The quantitative estimate of drug-likeness (QED) is 0.688. The molecule has 0 fully saturated rings. The monoisotopic (exact) mass is 301 g/mol. The first-order chi connectivity index (χ1) is 9.95. The molecule has 1 rings (SSSR count). The van der Waals surface area contributed by atoms with E-state index in [0.29, 0.717) is 13.0 Å². The van der Waals surface area contributed by atoms with Gasteiger partial charge in [-0.3, -0.25) is 10.1 Å². The van der Waals surface area contributed by atoms with E-state index in [9.17, 15) is 13.6 Å². The molecule has 6 heteroatoms. The third-order valence-electron chi connectivity index (χ3n) is 3.10. The summed E-state index contributed by atoms with van der Waals surface area (Å²) < 4.78 is 32.3. The predicted octanol–water partition coefficient (Wildman–Crippen LogP) is 3.17. The summed E-state index contributed by atoms with van der Waals surface area (Å²) in [5.41, 5.74) is 0. The number of aliphatic carboxylic acids is 1. The molecular formula is C15H21F2NO3. The van der Waals surface area contributed by atoms with Crippen molar-refractivity contribution in [3.05, 3.63) is 29.8 Å². The van der Waals surface area contributed by atoms with Crippen molar-refractivity contribution in [3.63, 3.8) is 0 Å². The zero-order valence-electron chi connectivity index (χ0n) is 12.2. The highest BCUT2D eigenvalue weighted by atomic mass is 19.2.